The minimum absolute atomic E-state index is 0.00529. The van der Waals surface area contributed by atoms with Crippen LogP contribution in [-0.2, 0) is 11.3 Å². The first-order chi connectivity index (χ1) is 10.2. The molecule has 0 atom stereocenters. The zero-order chi connectivity index (χ0) is 15.1. The molecule has 0 unspecified atom stereocenters. The van der Waals surface area contributed by atoms with Crippen LogP contribution in [0.2, 0.25) is 0 Å². The van der Waals surface area contributed by atoms with E-state index in [9.17, 15) is 4.79 Å². The van der Waals surface area contributed by atoms with Gasteiger partial charge in [-0.25, -0.2) is 0 Å². The van der Waals surface area contributed by atoms with Crippen molar-refractivity contribution in [1.82, 2.24) is 5.32 Å². The number of amides is 1. The Labute approximate surface area is 125 Å². The van der Waals surface area contributed by atoms with Crippen molar-refractivity contribution in [2.45, 2.75) is 13.5 Å². The highest BCUT2D eigenvalue weighted by atomic mass is 16.5. The number of nitrogens with one attached hydrogen (secondary N) is 2. The molecule has 2 aromatic carbocycles. The highest BCUT2D eigenvalue weighted by Gasteiger charge is 2.07. The lowest BCUT2D eigenvalue weighted by Crippen LogP contribution is -2.20. The number of hydrogen-bond acceptors (Lipinski definition) is 3. The van der Waals surface area contributed by atoms with Crippen molar-refractivity contribution >= 4 is 11.6 Å². The molecule has 0 fully saturated rings. The molecular formula is C17H20N2O2. The van der Waals surface area contributed by atoms with Crippen LogP contribution in [-0.4, -0.2) is 19.6 Å². The highest BCUT2D eigenvalue weighted by molar-refractivity contribution is 5.91. The van der Waals surface area contributed by atoms with Gasteiger partial charge in [-0.1, -0.05) is 35.9 Å². The van der Waals surface area contributed by atoms with Gasteiger partial charge in [0.25, 0.3) is 5.91 Å². The third-order valence-electron chi connectivity index (χ3n) is 3.00. The number of carbonyl (C=O) groups is 1. The summed E-state index contributed by atoms with van der Waals surface area (Å²) in [6.07, 6.45) is 0. The van der Waals surface area contributed by atoms with Gasteiger partial charge in [-0.05, 0) is 32.2 Å². The fraction of sp³-hybridized carbons (Fsp3) is 0.235. The van der Waals surface area contributed by atoms with Gasteiger partial charge in [0.2, 0.25) is 0 Å². The summed E-state index contributed by atoms with van der Waals surface area (Å²) >= 11 is 0. The largest absolute Gasteiger partial charge is 0.483 e. The van der Waals surface area contributed by atoms with Gasteiger partial charge in [-0.2, -0.15) is 0 Å². The van der Waals surface area contributed by atoms with Crippen LogP contribution in [0.15, 0.2) is 48.5 Å². The summed E-state index contributed by atoms with van der Waals surface area (Å²) < 4.78 is 5.63. The van der Waals surface area contributed by atoms with Crippen molar-refractivity contribution in [2.24, 2.45) is 0 Å². The maximum Gasteiger partial charge on any atom is 0.262 e. The molecule has 4 heteroatoms. The number of para-hydroxylation sites is 1. The van der Waals surface area contributed by atoms with E-state index in [0.29, 0.717) is 6.54 Å². The smallest absolute Gasteiger partial charge is 0.262 e. The summed E-state index contributed by atoms with van der Waals surface area (Å²) in [7, 11) is 1.88. The number of benzene rings is 2. The third kappa shape index (κ3) is 4.61. The summed E-state index contributed by atoms with van der Waals surface area (Å²) in [5.74, 6) is 0.565. The van der Waals surface area contributed by atoms with Crippen molar-refractivity contribution in [2.75, 3.05) is 19.0 Å². The normalized spacial score (nSPS) is 10.2. The first kappa shape index (κ1) is 15.1. The predicted molar refractivity (Wildman–Crippen MR) is 84.5 cm³/mol. The molecule has 0 aliphatic heterocycles. The SMILES string of the molecule is CNCc1cc(C)ccc1OCC(=O)Nc1ccccc1. The number of carbonyl (C=O) groups excluding carboxylic acids is 1. The minimum atomic E-state index is -0.169. The summed E-state index contributed by atoms with van der Waals surface area (Å²) in [5, 5.41) is 5.89. The van der Waals surface area contributed by atoms with Gasteiger partial charge in [0, 0.05) is 17.8 Å². The summed E-state index contributed by atoms with van der Waals surface area (Å²) in [6, 6.07) is 15.3. The van der Waals surface area contributed by atoms with Gasteiger partial charge in [-0.15, -0.1) is 0 Å². The zero-order valence-electron chi connectivity index (χ0n) is 12.3. The molecule has 0 radical (unpaired) electrons. The minimum Gasteiger partial charge on any atom is -0.483 e. The Morgan fingerprint density at radius 2 is 1.90 bits per heavy atom. The second-order valence-electron chi connectivity index (χ2n) is 4.84. The molecule has 4 nitrogen and oxygen atoms in total. The fourth-order valence-corrected chi connectivity index (χ4v) is 2.04. The van der Waals surface area contributed by atoms with Crippen LogP contribution in [0.25, 0.3) is 0 Å². The molecule has 0 heterocycles. The van der Waals surface area contributed by atoms with Gasteiger partial charge < -0.3 is 15.4 Å². The molecule has 0 aromatic heterocycles. The quantitative estimate of drug-likeness (QED) is 0.857. The Morgan fingerprint density at radius 3 is 2.62 bits per heavy atom. The Kier molecular flexibility index (Phi) is 5.35. The molecular weight excluding hydrogens is 264 g/mol. The van der Waals surface area contributed by atoms with Crippen LogP contribution in [0, 0.1) is 6.92 Å². The average Bonchev–Trinajstić information content (AvgIpc) is 2.48. The van der Waals surface area contributed by atoms with Crippen LogP contribution < -0.4 is 15.4 Å². The molecule has 21 heavy (non-hydrogen) atoms. The van der Waals surface area contributed by atoms with Crippen molar-refractivity contribution in [1.29, 1.82) is 0 Å². The zero-order valence-corrected chi connectivity index (χ0v) is 12.3. The Balaban J connectivity index is 1.95. The van der Waals surface area contributed by atoms with Crippen molar-refractivity contribution < 1.29 is 9.53 Å². The molecule has 0 spiro atoms. The Hall–Kier alpha value is -2.33. The standard InChI is InChI=1S/C17H20N2O2/c1-13-8-9-16(14(10-13)11-18-2)21-12-17(20)19-15-6-4-3-5-7-15/h3-10,18H,11-12H2,1-2H3,(H,19,20). The van der Waals surface area contributed by atoms with Gasteiger partial charge in [0.15, 0.2) is 6.61 Å². The van der Waals surface area contributed by atoms with E-state index >= 15 is 0 Å². The van der Waals surface area contributed by atoms with Crippen LogP contribution in [0.5, 0.6) is 5.75 Å². The number of ether oxygens (including phenoxy) is 1. The highest BCUT2D eigenvalue weighted by Crippen LogP contribution is 2.20. The topological polar surface area (TPSA) is 50.4 Å². The van der Waals surface area contributed by atoms with Crippen LogP contribution >= 0.6 is 0 Å². The number of aryl methyl sites for hydroxylation is 1. The molecule has 2 aromatic rings. The van der Waals surface area contributed by atoms with E-state index in [4.69, 9.17) is 4.74 Å². The molecule has 1 amide bonds. The van der Waals surface area contributed by atoms with Crippen LogP contribution in [0.4, 0.5) is 5.69 Å². The van der Waals surface area contributed by atoms with Gasteiger partial charge in [-0.3, -0.25) is 4.79 Å². The van der Waals surface area contributed by atoms with Crippen molar-refractivity contribution in [3.05, 3.63) is 59.7 Å². The van der Waals surface area contributed by atoms with E-state index in [1.807, 2.05) is 56.4 Å². The maximum atomic E-state index is 11.9. The van der Waals surface area contributed by atoms with Crippen molar-refractivity contribution in [3.63, 3.8) is 0 Å². The lowest BCUT2D eigenvalue weighted by molar-refractivity contribution is -0.118. The van der Waals surface area contributed by atoms with Crippen LogP contribution in [0.3, 0.4) is 0 Å². The Bertz CT molecular complexity index is 597. The third-order valence-corrected chi connectivity index (χ3v) is 3.00. The van der Waals surface area contributed by atoms with E-state index in [0.717, 1.165) is 17.0 Å². The second-order valence-corrected chi connectivity index (χ2v) is 4.84. The molecule has 0 aliphatic carbocycles. The van der Waals surface area contributed by atoms with E-state index in [1.54, 1.807) is 0 Å². The molecule has 2 N–H and O–H groups in total. The molecule has 110 valence electrons. The summed E-state index contributed by atoms with van der Waals surface area (Å²) in [6.45, 7) is 2.73. The second kappa shape index (κ2) is 7.45. The van der Waals surface area contributed by atoms with Gasteiger partial charge >= 0.3 is 0 Å². The summed E-state index contributed by atoms with van der Waals surface area (Å²) in [4.78, 5) is 11.9. The molecule has 0 aliphatic rings. The van der Waals surface area contributed by atoms with E-state index in [2.05, 4.69) is 16.7 Å². The van der Waals surface area contributed by atoms with E-state index in [1.165, 1.54) is 5.56 Å². The monoisotopic (exact) mass is 284 g/mol. The van der Waals surface area contributed by atoms with Crippen LogP contribution in [0.1, 0.15) is 11.1 Å². The maximum absolute atomic E-state index is 11.9. The lowest BCUT2D eigenvalue weighted by Gasteiger charge is -2.12. The van der Waals surface area contributed by atoms with Gasteiger partial charge in [0.05, 0.1) is 0 Å². The summed E-state index contributed by atoms with van der Waals surface area (Å²) in [5.41, 5.74) is 2.98. The van der Waals surface area contributed by atoms with E-state index in [-0.39, 0.29) is 12.5 Å². The van der Waals surface area contributed by atoms with Gasteiger partial charge in [0.1, 0.15) is 5.75 Å². The number of anilines is 1. The molecule has 0 bridgehead atoms. The molecule has 0 saturated heterocycles. The Morgan fingerprint density at radius 1 is 1.14 bits per heavy atom. The lowest BCUT2D eigenvalue weighted by atomic mass is 10.1. The molecule has 0 saturated carbocycles. The predicted octanol–water partition coefficient (Wildman–Crippen LogP) is 2.73. The van der Waals surface area contributed by atoms with E-state index < -0.39 is 0 Å². The molecule has 2 rings (SSSR count). The average molecular weight is 284 g/mol. The number of rotatable bonds is 6. The number of hydrogen-bond donors (Lipinski definition) is 2. The fourth-order valence-electron chi connectivity index (χ4n) is 2.04. The van der Waals surface area contributed by atoms with Crippen molar-refractivity contribution in [3.8, 4) is 5.75 Å². The first-order valence-electron chi connectivity index (χ1n) is 6.91. The first-order valence-corrected chi connectivity index (χ1v) is 6.91.